The molecule has 30 heavy (non-hydrogen) atoms. The van der Waals surface area contributed by atoms with Crippen molar-refractivity contribution in [2.24, 2.45) is 7.05 Å². The second kappa shape index (κ2) is 7.62. The molecule has 1 aromatic carbocycles. The van der Waals surface area contributed by atoms with Gasteiger partial charge in [-0.3, -0.25) is 18.9 Å². The Morgan fingerprint density at radius 1 is 1.17 bits per heavy atom. The average Bonchev–Trinajstić information content (AvgIpc) is 3.10. The number of imidazole rings is 1. The lowest BCUT2D eigenvalue weighted by Crippen LogP contribution is -2.40. The molecule has 148 valence electrons. The van der Waals surface area contributed by atoms with Gasteiger partial charge in [0.05, 0.1) is 24.3 Å². The number of aromatic nitrogens is 5. The maximum absolute atomic E-state index is 13.3. The van der Waals surface area contributed by atoms with Crippen LogP contribution in [0.2, 0.25) is 0 Å². The zero-order valence-electron chi connectivity index (χ0n) is 16.2. The van der Waals surface area contributed by atoms with Gasteiger partial charge in [-0.05, 0) is 22.9 Å². The molecule has 9 heteroatoms. The zero-order chi connectivity index (χ0) is 21.4. The van der Waals surface area contributed by atoms with E-state index >= 15 is 0 Å². The van der Waals surface area contributed by atoms with Gasteiger partial charge < -0.3 is 4.57 Å². The molecule has 0 aliphatic rings. The van der Waals surface area contributed by atoms with Crippen molar-refractivity contribution in [1.29, 1.82) is 5.26 Å². The van der Waals surface area contributed by atoms with Crippen molar-refractivity contribution in [2.45, 2.75) is 20.0 Å². The Morgan fingerprint density at radius 2 is 1.90 bits per heavy atom. The van der Waals surface area contributed by atoms with E-state index in [1.165, 1.54) is 10.8 Å². The number of fused-ring (bicyclic) bond motifs is 2. The SMILES string of the molecule is CC#CCn1c(Br)nc2c1c(=O)n(Cc1ncc(C#N)c3ccccc13)c(=O)n2C. The summed E-state index contributed by atoms with van der Waals surface area (Å²) in [5.74, 6) is 5.71. The lowest BCUT2D eigenvalue weighted by molar-refractivity contribution is 0.647. The monoisotopic (exact) mass is 462 g/mol. The summed E-state index contributed by atoms with van der Waals surface area (Å²) in [6.07, 6.45) is 1.46. The van der Waals surface area contributed by atoms with Crippen LogP contribution < -0.4 is 11.2 Å². The molecule has 0 unspecified atom stereocenters. The number of benzene rings is 1. The summed E-state index contributed by atoms with van der Waals surface area (Å²) in [6, 6.07) is 9.42. The summed E-state index contributed by atoms with van der Waals surface area (Å²) in [5, 5.41) is 10.8. The third-order valence-electron chi connectivity index (χ3n) is 4.91. The Morgan fingerprint density at radius 3 is 2.60 bits per heavy atom. The Balaban J connectivity index is 1.98. The van der Waals surface area contributed by atoms with Gasteiger partial charge >= 0.3 is 5.69 Å². The van der Waals surface area contributed by atoms with E-state index in [2.05, 4.69) is 43.8 Å². The van der Waals surface area contributed by atoms with Gasteiger partial charge in [0.25, 0.3) is 5.56 Å². The minimum atomic E-state index is -0.499. The number of halogens is 1. The molecule has 8 nitrogen and oxygen atoms in total. The second-order valence-electron chi connectivity index (χ2n) is 6.57. The summed E-state index contributed by atoms with van der Waals surface area (Å²) in [4.78, 5) is 34.9. The standard InChI is InChI=1S/C21H15BrN6O2/c1-3-4-9-27-17-18(25-20(27)22)26(2)21(30)28(19(17)29)12-16-15-8-6-5-7-14(15)13(10-23)11-24-16/h5-8,11H,9,12H2,1-2H3. The predicted molar refractivity (Wildman–Crippen MR) is 116 cm³/mol. The minimum absolute atomic E-state index is 0.0318. The summed E-state index contributed by atoms with van der Waals surface area (Å²) < 4.78 is 4.53. The first-order valence-corrected chi connectivity index (χ1v) is 9.79. The Kier molecular flexibility index (Phi) is 4.98. The van der Waals surface area contributed by atoms with E-state index in [0.29, 0.717) is 16.0 Å². The van der Waals surface area contributed by atoms with Crippen molar-refractivity contribution in [3.63, 3.8) is 0 Å². The number of rotatable bonds is 3. The van der Waals surface area contributed by atoms with Gasteiger partial charge in [0.15, 0.2) is 15.9 Å². The number of hydrogen-bond donors (Lipinski definition) is 0. The van der Waals surface area contributed by atoms with Gasteiger partial charge in [0.2, 0.25) is 0 Å². The fourth-order valence-electron chi connectivity index (χ4n) is 3.40. The summed E-state index contributed by atoms with van der Waals surface area (Å²) in [5.41, 5.74) is 0.557. The van der Waals surface area contributed by atoms with E-state index in [1.807, 2.05) is 24.3 Å². The molecule has 0 fully saturated rings. The van der Waals surface area contributed by atoms with Crippen LogP contribution in [-0.4, -0.2) is 23.7 Å². The molecule has 0 saturated heterocycles. The van der Waals surface area contributed by atoms with Crippen molar-refractivity contribution in [1.82, 2.24) is 23.7 Å². The molecule has 0 radical (unpaired) electrons. The highest BCUT2D eigenvalue weighted by molar-refractivity contribution is 9.10. The molecule has 4 aromatic rings. The van der Waals surface area contributed by atoms with Crippen LogP contribution in [-0.2, 0) is 20.1 Å². The molecule has 0 N–H and O–H groups in total. The largest absolute Gasteiger partial charge is 0.332 e. The van der Waals surface area contributed by atoms with Crippen LogP contribution in [0.15, 0.2) is 44.8 Å². The van der Waals surface area contributed by atoms with Crippen LogP contribution in [0.25, 0.3) is 21.9 Å². The Labute approximate surface area is 179 Å². The van der Waals surface area contributed by atoms with Crippen LogP contribution in [0.1, 0.15) is 18.2 Å². The highest BCUT2D eigenvalue weighted by Crippen LogP contribution is 2.21. The fourth-order valence-corrected chi connectivity index (χ4v) is 3.87. The van der Waals surface area contributed by atoms with Crippen molar-refractivity contribution < 1.29 is 0 Å². The Hall–Kier alpha value is -3.69. The molecule has 4 rings (SSSR count). The van der Waals surface area contributed by atoms with E-state index < -0.39 is 11.2 Å². The molecule has 0 spiro atoms. The molecule has 0 aliphatic carbocycles. The fraction of sp³-hybridized carbons (Fsp3) is 0.190. The predicted octanol–water partition coefficient (Wildman–Crippen LogP) is 2.15. The van der Waals surface area contributed by atoms with Crippen LogP contribution >= 0.6 is 15.9 Å². The topological polar surface area (TPSA) is 98.5 Å². The van der Waals surface area contributed by atoms with Crippen LogP contribution in [0.4, 0.5) is 0 Å². The molecule has 0 saturated carbocycles. The first-order chi connectivity index (χ1) is 14.5. The van der Waals surface area contributed by atoms with E-state index in [1.54, 1.807) is 18.5 Å². The normalized spacial score (nSPS) is 10.7. The highest BCUT2D eigenvalue weighted by Gasteiger charge is 2.20. The van der Waals surface area contributed by atoms with Crippen molar-refractivity contribution in [3.05, 3.63) is 67.3 Å². The molecule has 3 heterocycles. The quantitative estimate of drug-likeness (QED) is 0.343. The number of hydrogen-bond acceptors (Lipinski definition) is 5. The van der Waals surface area contributed by atoms with Crippen LogP contribution in [0.5, 0.6) is 0 Å². The molecule has 0 aliphatic heterocycles. The van der Waals surface area contributed by atoms with Gasteiger partial charge in [0.1, 0.15) is 6.07 Å². The summed E-state index contributed by atoms with van der Waals surface area (Å²) in [6.45, 7) is 1.94. The molecule has 3 aromatic heterocycles. The number of aryl methyl sites for hydroxylation is 1. The molecule has 0 bridgehead atoms. The smallest absolute Gasteiger partial charge is 0.301 e. The van der Waals surface area contributed by atoms with E-state index in [4.69, 9.17) is 0 Å². The third kappa shape index (κ3) is 3.00. The first kappa shape index (κ1) is 19.6. The van der Waals surface area contributed by atoms with Gasteiger partial charge in [-0.25, -0.2) is 9.78 Å². The van der Waals surface area contributed by atoms with Crippen molar-refractivity contribution in [2.75, 3.05) is 0 Å². The lowest BCUT2D eigenvalue weighted by atomic mass is 10.1. The number of pyridine rings is 1. The van der Waals surface area contributed by atoms with Gasteiger partial charge in [0, 0.05) is 24.0 Å². The molecular weight excluding hydrogens is 448 g/mol. The lowest BCUT2D eigenvalue weighted by Gasteiger charge is -2.11. The summed E-state index contributed by atoms with van der Waals surface area (Å²) >= 11 is 3.35. The minimum Gasteiger partial charge on any atom is -0.301 e. The maximum atomic E-state index is 13.3. The molecule has 0 amide bonds. The van der Waals surface area contributed by atoms with Crippen LogP contribution in [0.3, 0.4) is 0 Å². The average molecular weight is 463 g/mol. The second-order valence-corrected chi connectivity index (χ2v) is 7.28. The van der Waals surface area contributed by atoms with E-state index in [9.17, 15) is 14.9 Å². The number of nitrogens with zero attached hydrogens (tertiary/aromatic N) is 6. The van der Waals surface area contributed by atoms with Crippen LogP contribution in [0, 0.1) is 23.2 Å². The molecular formula is C21H15BrN6O2. The van der Waals surface area contributed by atoms with Crippen molar-refractivity contribution >= 4 is 37.9 Å². The molecule has 0 atom stereocenters. The van der Waals surface area contributed by atoms with E-state index in [-0.39, 0.29) is 24.3 Å². The van der Waals surface area contributed by atoms with Gasteiger partial charge in [-0.1, -0.05) is 30.2 Å². The van der Waals surface area contributed by atoms with E-state index in [0.717, 1.165) is 15.3 Å². The summed E-state index contributed by atoms with van der Waals surface area (Å²) in [7, 11) is 1.57. The number of nitriles is 1. The maximum Gasteiger partial charge on any atom is 0.332 e. The Bertz CT molecular complexity index is 1540. The first-order valence-electron chi connectivity index (χ1n) is 8.99. The highest BCUT2D eigenvalue weighted by atomic mass is 79.9. The third-order valence-corrected chi connectivity index (χ3v) is 5.51. The van der Waals surface area contributed by atoms with Gasteiger partial charge in [-0.2, -0.15) is 5.26 Å². The van der Waals surface area contributed by atoms with Crippen molar-refractivity contribution in [3.8, 4) is 17.9 Å². The van der Waals surface area contributed by atoms with Gasteiger partial charge in [-0.15, -0.1) is 5.92 Å². The zero-order valence-corrected chi connectivity index (χ0v) is 17.8.